The van der Waals surface area contributed by atoms with Crippen molar-refractivity contribution in [3.8, 4) is 44.5 Å². The van der Waals surface area contributed by atoms with Gasteiger partial charge in [-0.3, -0.25) is 0 Å². The molecule has 0 saturated heterocycles. The largest absolute Gasteiger partial charge is 0.451 e. The molecule has 2 heteroatoms. The molecular weight excluding hydrogens is 560 g/mol. The first-order valence-corrected chi connectivity index (χ1v) is 15.8. The van der Waals surface area contributed by atoms with Crippen LogP contribution in [0.5, 0.6) is 0 Å². The van der Waals surface area contributed by atoms with Gasteiger partial charge in [0.25, 0.3) is 0 Å². The Kier molecular flexibility index (Phi) is 5.97. The van der Waals surface area contributed by atoms with E-state index in [2.05, 4.69) is 153 Å². The van der Waals surface area contributed by atoms with Crippen molar-refractivity contribution in [1.29, 1.82) is 0 Å². The molecule has 0 atom stereocenters. The maximum Gasteiger partial charge on any atom is 0.178 e. The summed E-state index contributed by atoms with van der Waals surface area (Å²) in [7, 11) is 0. The predicted molar refractivity (Wildman–Crippen MR) is 192 cm³/mol. The molecule has 0 amide bonds. The van der Waals surface area contributed by atoms with Crippen molar-refractivity contribution in [3.63, 3.8) is 0 Å². The van der Waals surface area contributed by atoms with E-state index in [0.717, 1.165) is 66.1 Å². The highest BCUT2D eigenvalue weighted by Gasteiger charge is 2.20. The Bertz CT molecular complexity index is 2580. The lowest BCUT2D eigenvalue weighted by molar-refractivity contribution is 0.634. The molecule has 0 N–H and O–H groups in total. The zero-order valence-corrected chi connectivity index (χ0v) is 25.7. The van der Waals surface area contributed by atoms with Crippen LogP contribution in [0.25, 0.3) is 88.4 Å². The summed E-state index contributed by atoms with van der Waals surface area (Å²) in [4.78, 5) is 0. The van der Waals surface area contributed by atoms with E-state index in [0.29, 0.717) is 0 Å². The van der Waals surface area contributed by atoms with Crippen molar-refractivity contribution in [1.82, 2.24) is 0 Å². The predicted octanol–water partition coefficient (Wildman–Crippen LogP) is 12.8. The average Bonchev–Trinajstić information content (AvgIpc) is 3.69. The third-order valence-electron chi connectivity index (χ3n) is 9.40. The van der Waals surface area contributed by atoms with Gasteiger partial charge in [0.15, 0.2) is 11.2 Å². The molecule has 9 rings (SSSR count). The molecule has 218 valence electrons. The monoisotopic (exact) mass is 590 g/mol. The fourth-order valence-corrected chi connectivity index (χ4v) is 6.99. The molecule has 0 aliphatic heterocycles. The van der Waals surface area contributed by atoms with Crippen LogP contribution in [0.15, 0.2) is 154 Å². The van der Waals surface area contributed by atoms with Crippen LogP contribution in [0.2, 0.25) is 0 Å². The van der Waals surface area contributed by atoms with E-state index in [-0.39, 0.29) is 0 Å². The van der Waals surface area contributed by atoms with Crippen LogP contribution in [0.1, 0.15) is 11.1 Å². The van der Waals surface area contributed by atoms with Gasteiger partial charge in [-0.25, -0.2) is 0 Å². The van der Waals surface area contributed by atoms with Crippen LogP contribution < -0.4 is 0 Å². The second-order valence-corrected chi connectivity index (χ2v) is 12.2. The SMILES string of the molecule is Cc1ccc(-c2ccccc2)cc1-c1cc(-c2cccc3c2oc2c3ccc3c4cccc(-c5ccccc5)c4oc32)ccc1C. The zero-order valence-electron chi connectivity index (χ0n) is 25.7. The summed E-state index contributed by atoms with van der Waals surface area (Å²) in [6, 6.07) is 51.7. The van der Waals surface area contributed by atoms with E-state index in [1.165, 1.54) is 33.4 Å². The van der Waals surface area contributed by atoms with Gasteiger partial charge in [0, 0.05) is 32.7 Å². The molecule has 0 aliphatic rings. The topological polar surface area (TPSA) is 26.3 Å². The van der Waals surface area contributed by atoms with E-state index in [4.69, 9.17) is 8.83 Å². The van der Waals surface area contributed by atoms with Gasteiger partial charge in [-0.15, -0.1) is 0 Å². The Morgan fingerprint density at radius 3 is 1.33 bits per heavy atom. The summed E-state index contributed by atoms with van der Waals surface area (Å²) in [6.45, 7) is 4.38. The summed E-state index contributed by atoms with van der Waals surface area (Å²) in [5.74, 6) is 0. The minimum absolute atomic E-state index is 0.786. The third kappa shape index (κ3) is 4.11. The van der Waals surface area contributed by atoms with Gasteiger partial charge in [-0.1, -0.05) is 121 Å². The van der Waals surface area contributed by atoms with Crippen molar-refractivity contribution >= 4 is 43.9 Å². The molecule has 0 unspecified atom stereocenters. The molecule has 0 saturated carbocycles. The quantitative estimate of drug-likeness (QED) is 0.204. The highest BCUT2D eigenvalue weighted by atomic mass is 16.4. The Balaban J connectivity index is 1.23. The fourth-order valence-electron chi connectivity index (χ4n) is 6.99. The first-order valence-electron chi connectivity index (χ1n) is 15.8. The molecule has 0 spiro atoms. The molecular formula is C44H30O2. The number of hydrogen-bond donors (Lipinski definition) is 0. The Morgan fingerprint density at radius 1 is 0.304 bits per heavy atom. The summed E-state index contributed by atoms with van der Waals surface area (Å²) < 4.78 is 13.5. The van der Waals surface area contributed by atoms with Crippen molar-refractivity contribution in [2.75, 3.05) is 0 Å². The molecule has 0 fully saturated rings. The Morgan fingerprint density at radius 2 is 0.761 bits per heavy atom. The molecule has 0 bridgehead atoms. The molecule has 2 heterocycles. The van der Waals surface area contributed by atoms with Crippen molar-refractivity contribution in [2.24, 2.45) is 0 Å². The maximum atomic E-state index is 6.81. The van der Waals surface area contributed by atoms with Gasteiger partial charge in [-0.2, -0.15) is 0 Å². The van der Waals surface area contributed by atoms with Gasteiger partial charge in [0.1, 0.15) is 11.2 Å². The van der Waals surface area contributed by atoms with Crippen molar-refractivity contribution in [3.05, 3.63) is 157 Å². The molecule has 7 aromatic carbocycles. The van der Waals surface area contributed by atoms with E-state index in [1.807, 2.05) is 6.07 Å². The molecule has 2 aromatic heterocycles. The summed E-state index contributed by atoms with van der Waals surface area (Å²) in [6.07, 6.45) is 0. The lowest BCUT2D eigenvalue weighted by Crippen LogP contribution is -1.90. The third-order valence-corrected chi connectivity index (χ3v) is 9.40. The van der Waals surface area contributed by atoms with Gasteiger partial charge in [0.2, 0.25) is 0 Å². The van der Waals surface area contributed by atoms with E-state index >= 15 is 0 Å². The number of fused-ring (bicyclic) bond motifs is 7. The van der Waals surface area contributed by atoms with E-state index < -0.39 is 0 Å². The smallest absolute Gasteiger partial charge is 0.178 e. The Hall–Kier alpha value is -5.86. The second kappa shape index (κ2) is 10.4. The molecule has 0 radical (unpaired) electrons. The van der Waals surface area contributed by atoms with Crippen LogP contribution in [-0.2, 0) is 0 Å². The van der Waals surface area contributed by atoms with Crippen molar-refractivity contribution in [2.45, 2.75) is 13.8 Å². The van der Waals surface area contributed by atoms with Crippen molar-refractivity contribution < 1.29 is 8.83 Å². The summed E-state index contributed by atoms with van der Waals surface area (Å²) in [5, 5.41) is 4.30. The number of furan rings is 2. The average molecular weight is 591 g/mol. The first-order chi connectivity index (χ1) is 22.6. The lowest BCUT2D eigenvalue weighted by atomic mass is 9.90. The molecule has 9 aromatic rings. The fraction of sp³-hybridized carbons (Fsp3) is 0.0455. The zero-order chi connectivity index (χ0) is 30.8. The normalized spacial score (nSPS) is 11.7. The van der Waals surface area contributed by atoms with Gasteiger partial charge in [-0.05, 0) is 82.6 Å². The number of rotatable bonds is 4. The summed E-state index contributed by atoms with van der Waals surface area (Å²) >= 11 is 0. The first kappa shape index (κ1) is 26.5. The van der Waals surface area contributed by atoms with E-state index in [1.54, 1.807) is 0 Å². The minimum Gasteiger partial charge on any atom is -0.451 e. The van der Waals surface area contributed by atoms with Gasteiger partial charge >= 0.3 is 0 Å². The lowest BCUT2D eigenvalue weighted by Gasteiger charge is -2.14. The van der Waals surface area contributed by atoms with Crippen LogP contribution in [0.4, 0.5) is 0 Å². The number of benzene rings is 7. The molecule has 0 aliphatic carbocycles. The number of aryl methyl sites for hydroxylation is 2. The minimum atomic E-state index is 0.786. The molecule has 46 heavy (non-hydrogen) atoms. The summed E-state index contributed by atoms with van der Waals surface area (Å²) in [5.41, 5.74) is 15.2. The standard InChI is InChI=1S/C44H30O2/c1-27-19-21-31(29-11-5-3-6-12-29)25-39(27)40-26-32(22-20-28(40)2)34-16-10-18-36-38-24-23-37-35-17-9-15-33(30-13-7-4-8-14-30)41(35)45-43(37)44(38)46-42(34)36/h3-26H,1-2H3. The maximum absolute atomic E-state index is 6.81. The van der Waals surface area contributed by atoms with Crippen LogP contribution in [0, 0.1) is 13.8 Å². The highest BCUT2D eigenvalue weighted by Crippen LogP contribution is 2.44. The molecule has 2 nitrogen and oxygen atoms in total. The van der Waals surface area contributed by atoms with Gasteiger partial charge < -0.3 is 8.83 Å². The Labute approximate surface area is 267 Å². The van der Waals surface area contributed by atoms with E-state index in [9.17, 15) is 0 Å². The van der Waals surface area contributed by atoms with Crippen LogP contribution in [0.3, 0.4) is 0 Å². The number of hydrogen-bond acceptors (Lipinski definition) is 2. The van der Waals surface area contributed by atoms with Gasteiger partial charge in [0.05, 0.1) is 0 Å². The second-order valence-electron chi connectivity index (χ2n) is 12.2. The van der Waals surface area contributed by atoms with Crippen LogP contribution in [-0.4, -0.2) is 0 Å². The number of para-hydroxylation sites is 2. The van der Waals surface area contributed by atoms with Crippen LogP contribution >= 0.6 is 0 Å². The highest BCUT2D eigenvalue weighted by molar-refractivity contribution is 6.21.